The van der Waals surface area contributed by atoms with Crippen LogP contribution in [0.4, 0.5) is 0 Å². The van der Waals surface area contributed by atoms with Gasteiger partial charge in [0.15, 0.2) is 0 Å². The van der Waals surface area contributed by atoms with Gasteiger partial charge in [0, 0.05) is 6.42 Å². The minimum atomic E-state index is -0.404. The van der Waals surface area contributed by atoms with Gasteiger partial charge in [-0.2, -0.15) is 0 Å². The third kappa shape index (κ3) is 1.41. The van der Waals surface area contributed by atoms with Gasteiger partial charge in [-0.15, -0.1) is 11.6 Å². The summed E-state index contributed by atoms with van der Waals surface area (Å²) in [4.78, 5) is 0. The molecule has 0 aromatic carbocycles. The van der Waals surface area contributed by atoms with Crippen LogP contribution in [0.25, 0.3) is 0 Å². The molecule has 0 bridgehead atoms. The van der Waals surface area contributed by atoms with E-state index in [1.54, 1.807) is 0 Å². The number of ether oxygens (including phenoxy) is 1. The highest BCUT2D eigenvalue weighted by Crippen LogP contribution is 2.29. The number of halogens is 3. The van der Waals surface area contributed by atoms with Crippen molar-refractivity contribution in [1.29, 1.82) is 0 Å². The number of hydrogen-bond donors (Lipinski definition) is 0. The molecule has 1 fully saturated rings. The van der Waals surface area contributed by atoms with Gasteiger partial charge in [-0.1, -0.05) is 23.2 Å². The van der Waals surface area contributed by atoms with Crippen LogP contribution in [0, 0.1) is 0 Å². The van der Waals surface area contributed by atoms with Crippen molar-refractivity contribution in [2.75, 3.05) is 0 Å². The zero-order valence-electron chi connectivity index (χ0n) is 3.98. The first-order valence-electron chi connectivity index (χ1n) is 2.28. The van der Waals surface area contributed by atoms with E-state index in [9.17, 15) is 0 Å². The Morgan fingerprint density at radius 1 is 1.25 bits per heavy atom. The average molecular weight is 175 g/mol. The normalized spacial score (nSPS) is 47.6. The Kier molecular flexibility index (Phi) is 2.27. The Labute approximate surface area is 62.9 Å². The van der Waals surface area contributed by atoms with E-state index in [0.717, 1.165) is 0 Å². The van der Waals surface area contributed by atoms with E-state index in [-0.39, 0.29) is 10.9 Å². The number of alkyl halides is 3. The van der Waals surface area contributed by atoms with Crippen molar-refractivity contribution >= 4 is 34.8 Å². The van der Waals surface area contributed by atoms with Crippen LogP contribution < -0.4 is 0 Å². The zero-order valence-corrected chi connectivity index (χ0v) is 6.25. The van der Waals surface area contributed by atoms with Gasteiger partial charge >= 0.3 is 0 Å². The molecule has 0 aromatic rings. The lowest BCUT2D eigenvalue weighted by atomic mass is 10.4. The average Bonchev–Trinajstić information content (AvgIpc) is 1.85. The van der Waals surface area contributed by atoms with E-state index in [1.165, 1.54) is 0 Å². The molecule has 1 aliphatic heterocycles. The first kappa shape index (κ1) is 6.94. The Bertz CT molecular complexity index is 77.4. The van der Waals surface area contributed by atoms with E-state index < -0.39 is 5.56 Å². The van der Waals surface area contributed by atoms with Gasteiger partial charge in [-0.05, 0) is 0 Å². The van der Waals surface area contributed by atoms with Crippen molar-refractivity contribution in [3.05, 3.63) is 0 Å². The Balaban J connectivity index is 2.39. The van der Waals surface area contributed by atoms with Crippen LogP contribution in [0.2, 0.25) is 0 Å². The molecule has 1 saturated heterocycles. The quantitative estimate of drug-likeness (QED) is 0.513. The van der Waals surface area contributed by atoms with Crippen LogP contribution in [0.1, 0.15) is 6.42 Å². The lowest BCUT2D eigenvalue weighted by Crippen LogP contribution is -2.05. The monoisotopic (exact) mass is 174 g/mol. The van der Waals surface area contributed by atoms with Gasteiger partial charge in [0.25, 0.3) is 0 Å². The first-order valence-corrected chi connectivity index (χ1v) is 3.59. The molecule has 1 aliphatic rings. The largest absolute Gasteiger partial charge is 0.342 e. The topological polar surface area (TPSA) is 9.23 Å². The molecule has 1 heterocycles. The molecule has 48 valence electrons. The fourth-order valence-electron chi connectivity index (χ4n) is 0.566. The van der Waals surface area contributed by atoms with Crippen LogP contribution in [0.3, 0.4) is 0 Å². The van der Waals surface area contributed by atoms with Gasteiger partial charge in [0.05, 0.1) is 5.38 Å². The Hall–Kier alpha value is 0.830. The standard InChI is InChI=1S/C4H5Cl3O/c5-2-1-3(6)8-4(2)7/h2-4H,1H2. The number of rotatable bonds is 0. The Morgan fingerprint density at radius 2 is 1.88 bits per heavy atom. The van der Waals surface area contributed by atoms with Gasteiger partial charge in [-0.25, -0.2) is 0 Å². The lowest BCUT2D eigenvalue weighted by Gasteiger charge is -2.00. The van der Waals surface area contributed by atoms with Crippen molar-refractivity contribution in [3.8, 4) is 0 Å². The minimum absolute atomic E-state index is 0.126. The summed E-state index contributed by atoms with van der Waals surface area (Å²) in [6.45, 7) is 0. The van der Waals surface area contributed by atoms with Crippen molar-refractivity contribution in [1.82, 2.24) is 0 Å². The summed E-state index contributed by atoms with van der Waals surface area (Å²) in [5, 5.41) is -0.126. The van der Waals surface area contributed by atoms with Crippen LogP contribution in [0.5, 0.6) is 0 Å². The van der Waals surface area contributed by atoms with E-state index in [0.29, 0.717) is 6.42 Å². The van der Waals surface area contributed by atoms with Crippen LogP contribution in [-0.2, 0) is 4.74 Å². The number of hydrogen-bond acceptors (Lipinski definition) is 1. The lowest BCUT2D eigenvalue weighted by molar-refractivity contribution is 0.142. The molecular weight excluding hydrogens is 170 g/mol. The highest BCUT2D eigenvalue weighted by molar-refractivity contribution is 6.31. The molecule has 1 rings (SSSR count). The molecule has 3 unspecified atom stereocenters. The van der Waals surface area contributed by atoms with Crippen LogP contribution >= 0.6 is 34.8 Å². The summed E-state index contributed by atoms with van der Waals surface area (Å²) in [5.74, 6) is 0. The molecule has 0 aromatic heterocycles. The van der Waals surface area contributed by atoms with E-state index in [1.807, 2.05) is 0 Å². The summed E-state index contributed by atoms with van der Waals surface area (Å²) in [6.07, 6.45) is 0.636. The molecule has 0 amide bonds. The molecule has 0 aliphatic carbocycles. The molecule has 3 atom stereocenters. The molecule has 0 saturated carbocycles. The SMILES string of the molecule is ClC1CC(Cl)C(Cl)O1. The van der Waals surface area contributed by atoms with Gasteiger partial charge < -0.3 is 4.74 Å². The molecular formula is C4H5Cl3O. The van der Waals surface area contributed by atoms with Crippen molar-refractivity contribution in [2.45, 2.75) is 22.9 Å². The molecule has 1 nitrogen and oxygen atoms in total. The highest BCUT2D eigenvalue weighted by Gasteiger charge is 2.30. The maximum absolute atomic E-state index is 5.62. The molecule has 0 N–H and O–H groups in total. The highest BCUT2D eigenvalue weighted by atomic mass is 35.5. The van der Waals surface area contributed by atoms with Crippen molar-refractivity contribution in [3.63, 3.8) is 0 Å². The van der Waals surface area contributed by atoms with Crippen LogP contribution in [-0.4, -0.2) is 16.5 Å². The third-order valence-electron chi connectivity index (χ3n) is 0.973. The summed E-state index contributed by atoms with van der Waals surface area (Å²) in [7, 11) is 0. The molecule has 0 radical (unpaired) electrons. The maximum Gasteiger partial charge on any atom is 0.149 e. The fourth-order valence-corrected chi connectivity index (χ4v) is 1.46. The second-order valence-electron chi connectivity index (χ2n) is 1.65. The summed E-state index contributed by atoms with van der Waals surface area (Å²) < 4.78 is 4.87. The maximum atomic E-state index is 5.62. The summed E-state index contributed by atoms with van der Waals surface area (Å²) in [5.41, 5.74) is -0.695. The predicted molar refractivity (Wildman–Crippen MR) is 34.6 cm³/mol. The summed E-state index contributed by atoms with van der Waals surface area (Å²) in [6, 6.07) is 0. The first-order chi connectivity index (χ1) is 3.70. The summed E-state index contributed by atoms with van der Waals surface area (Å²) >= 11 is 16.6. The smallest absolute Gasteiger partial charge is 0.149 e. The second kappa shape index (κ2) is 2.61. The fraction of sp³-hybridized carbons (Fsp3) is 1.00. The minimum Gasteiger partial charge on any atom is -0.342 e. The molecule has 8 heavy (non-hydrogen) atoms. The predicted octanol–water partition coefficient (Wildman–Crippen LogP) is 2.14. The van der Waals surface area contributed by atoms with E-state index in [4.69, 9.17) is 39.5 Å². The van der Waals surface area contributed by atoms with E-state index in [2.05, 4.69) is 0 Å². The van der Waals surface area contributed by atoms with Crippen molar-refractivity contribution < 1.29 is 4.74 Å². The van der Waals surface area contributed by atoms with Gasteiger partial charge in [0.2, 0.25) is 0 Å². The van der Waals surface area contributed by atoms with Crippen LogP contribution in [0.15, 0.2) is 0 Å². The Morgan fingerprint density at radius 3 is 2.00 bits per heavy atom. The second-order valence-corrected chi connectivity index (χ2v) is 3.13. The molecule has 4 heteroatoms. The van der Waals surface area contributed by atoms with E-state index >= 15 is 0 Å². The van der Waals surface area contributed by atoms with Gasteiger partial charge in [-0.3, -0.25) is 0 Å². The third-order valence-corrected chi connectivity index (χ3v) is 2.20. The van der Waals surface area contributed by atoms with Crippen molar-refractivity contribution in [2.24, 2.45) is 0 Å². The van der Waals surface area contributed by atoms with Gasteiger partial charge in [0.1, 0.15) is 11.1 Å². The molecule has 0 spiro atoms. The zero-order chi connectivity index (χ0) is 6.15.